The molecule has 0 saturated heterocycles. The second kappa shape index (κ2) is 4.47. The van der Waals surface area contributed by atoms with E-state index in [0.29, 0.717) is 12.8 Å². The molecule has 0 spiro atoms. The van der Waals surface area contributed by atoms with Crippen molar-refractivity contribution < 1.29 is 13.2 Å². The van der Waals surface area contributed by atoms with Gasteiger partial charge in [-0.25, -0.2) is 4.98 Å². The van der Waals surface area contributed by atoms with Crippen LogP contribution in [-0.2, 0) is 0 Å². The van der Waals surface area contributed by atoms with Crippen molar-refractivity contribution >= 4 is 11.7 Å². The maximum Gasteiger partial charge on any atom is 0.405 e. The standard InChI is InChI=1S/C11H13F3N4/c12-11(13,14)6-18(7-3-4-7)10-8(9(15)16)2-1-5-17-10/h1-2,5,7H,3-4,6H2,(H3,15,16). The number of nitrogen functional groups attached to an aromatic ring is 1. The Labute approximate surface area is 102 Å². The summed E-state index contributed by atoms with van der Waals surface area (Å²) in [5.41, 5.74) is 5.62. The van der Waals surface area contributed by atoms with Gasteiger partial charge in [0.2, 0.25) is 0 Å². The van der Waals surface area contributed by atoms with Gasteiger partial charge in [0.25, 0.3) is 0 Å². The molecule has 0 aromatic carbocycles. The quantitative estimate of drug-likeness (QED) is 0.640. The van der Waals surface area contributed by atoms with Crippen LogP contribution in [-0.4, -0.2) is 29.6 Å². The van der Waals surface area contributed by atoms with Crippen molar-refractivity contribution in [1.29, 1.82) is 5.41 Å². The highest BCUT2D eigenvalue weighted by molar-refractivity contribution is 5.99. The summed E-state index contributed by atoms with van der Waals surface area (Å²) in [6, 6.07) is 2.91. The summed E-state index contributed by atoms with van der Waals surface area (Å²) in [7, 11) is 0. The molecule has 3 N–H and O–H groups in total. The molecule has 0 bridgehead atoms. The molecule has 2 rings (SSSR count). The molecule has 1 heterocycles. The van der Waals surface area contributed by atoms with Gasteiger partial charge in [0.1, 0.15) is 18.2 Å². The first-order chi connectivity index (χ1) is 8.38. The second-order valence-electron chi connectivity index (χ2n) is 4.26. The first kappa shape index (κ1) is 12.7. The molecule has 1 saturated carbocycles. The molecule has 1 aromatic rings. The fraction of sp³-hybridized carbons (Fsp3) is 0.455. The highest BCUT2D eigenvalue weighted by atomic mass is 19.4. The average molecular weight is 258 g/mol. The van der Waals surface area contributed by atoms with Crippen LogP contribution in [0.25, 0.3) is 0 Å². The average Bonchev–Trinajstić information content (AvgIpc) is 3.08. The lowest BCUT2D eigenvalue weighted by atomic mass is 10.2. The van der Waals surface area contributed by atoms with E-state index in [0.717, 1.165) is 0 Å². The van der Waals surface area contributed by atoms with Crippen LogP contribution in [0.4, 0.5) is 19.0 Å². The maximum atomic E-state index is 12.6. The Kier molecular flexibility index (Phi) is 3.14. The highest BCUT2D eigenvalue weighted by Gasteiger charge is 2.39. The third kappa shape index (κ3) is 2.91. The van der Waals surface area contributed by atoms with Crippen molar-refractivity contribution in [3.05, 3.63) is 23.9 Å². The molecule has 1 fully saturated rings. The normalized spacial score (nSPS) is 15.5. The first-order valence-corrected chi connectivity index (χ1v) is 5.51. The number of amidine groups is 1. The van der Waals surface area contributed by atoms with Crippen molar-refractivity contribution in [2.45, 2.75) is 25.1 Å². The summed E-state index contributed by atoms with van der Waals surface area (Å²) in [5.74, 6) is -0.129. The Morgan fingerprint density at radius 2 is 2.17 bits per heavy atom. The van der Waals surface area contributed by atoms with E-state index < -0.39 is 12.7 Å². The van der Waals surface area contributed by atoms with E-state index in [2.05, 4.69) is 4.98 Å². The Balaban J connectivity index is 2.33. The van der Waals surface area contributed by atoms with E-state index in [9.17, 15) is 13.2 Å². The zero-order valence-corrected chi connectivity index (χ0v) is 9.54. The van der Waals surface area contributed by atoms with E-state index in [1.807, 2.05) is 0 Å². The molecule has 0 aliphatic heterocycles. The minimum Gasteiger partial charge on any atom is -0.384 e. The number of nitrogens with one attached hydrogen (secondary N) is 1. The number of halogens is 3. The van der Waals surface area contributed by atoms with Crippen LogP contribution in [0.5, 0.6) is 0 Å². The van der Waals surface area contributed by atoms with Gasteiger partial charge in [-0.2, -0.15) is 13.2 Å². The van der Waals surface area contributed by atoms with Gasteiger partial charge in [0.15, 0.2) is 0 Å². The first-order valence-electron chi connectivity index (χ1n) is 5.51. The van der Waals surface area contributed by atoms with Gasteiger partial charge in [-0.15, -0.1) is 0 Å². The predicted molar refractivity (Wildman–Crippen MR) is 61.7 cm³/mol. The molecule has 4 nitrogen and oxygen atoms in total. The summed E-state index contributed by atoms with van der Waals surface area (Å²) in [6.45, 7) is -1.06. The summed E-state index contributed by atoms with van der Waals surface area (Å²) in [4.78, 5) is 5.14. The lowest BCUT2D eigenvalue weighted by Crippen LogP contribution is -2.37. The smallest absolute Gasteiger partial charge is 0.384 e. The zero-order chi connectivity index (χ0) is 13.3. The summed E-state index contributed by atoms with van der Waals surface area (Å²) >= 11 is 0. The molecule has 98 valence electrons. The predicted octanol–water partition coefficient (Wildman–Crippen LogP) is 1.90. The minimum absolute atomic E-state index is 0.143. The van der Waals surface area contributed by atoms with E-state index in [4.69, 9.17) is 11.1 Å². The van der Waals surface area contributed by atoms with Crippen LogP contribution in [0.3, 0.4) is 0 Å². The number of hydrogen-bond acceptors (Lipinski definition) is 3. The van der Waals surface area contributed by atoms with Crippen LogP contribution in [0.2, 0.25) is 0 Å². The second-order valence-corrected chi connectivity index (χ2v) is 4.26. The number of pyridine rings is 1. The number of rotatable bonds is 4. The summed E-state index contributed by atoms with van der Waals surface area (Å²) in [6.07, 6.45) is -1.46. The molecule has 7 heteroatoms. The topological polar surface area (TPSA) is 66.0 Å². The van der Waals surface area contributed by atoms with Crippen molar-refractivity contribution in [3.63, 3.8) is 0 Å². The van der Waals surface area contributed by atoms with E-state index >= 15 is 0 Å². The minimum atomic E-state index is -4.30. The Morgan fingerprint density at radius 1 is 1.50 bits per heavy atom. The molecule has 0 amide bonds. The summed E-state index contributed by atoms with van der Waals surface area (Å²) < 4.78 is 37.7. The third-order valence-corrected chi connectivity index (χ3v) is 2.69. The monoisotopic (exact) mass is 258 g/mol. The van der Waals surface area contributed by atoms with Crippen molar-refractivity contribution in [2.75, 3.05) is 11.4 Å². The number of nitrogens with two attached hydrogens (primary N) is 1. The van der Waals surface area contributed by atoms with Crippen LogP contribution in [0, 0.1) is 5.41 Å². The molecule has 0 radical (unpaired) electrons. The van der Waals surface area contributed by atoms with Gasteiger partial charge in [-0.05, 0) is 25.0 Å². The van der Waals surface area contributed by atoms with Gasteiger partial charge in [0, 0.05) is 12.2 Å². The van der Waals surface area contributed by atoms with Crippen molar-refractivity contribution in [3.8, 4) is 0 Å². The molecule has 0 atom stereocenters. The van der Waals surface area contributed by atoms with Crippen LogP contribution >= 0.6 is 0 Å². The number of nitrogens with zero attached hydrogens (tertiary/aromatic N) is 2. The van der Waals surface area contributed by atoms with Gasteiger partial charge in [-0.1, -0.05) is 0 Å². The molecule has 1 aliphatic rings. The SMILES string of the molecule is N=C(N)c1cccnc1N(CC(F)(F)F)C1CC1. The molecule has 1 aliphatic carbocycles. The highest BCUT2D eigenvalue weighted by Crippen LogP contribution is 2.34. The molecule has 18 heavy (non-hydrogen) atoms. The largest absolute Gasteiger partial charge is 0.405 e. The van der Waals surface area contributed by atoms with Crippen LogP contribution in [0.15, 0.2) is 18.3 Å². The van der Waals surface area contributed by atoms with Gasteiger partial charge < -0.3 is 10.6 Å². The molecule has 1 aromatic heterocycles. The van der Waals surface area contributed by atoms with E-state index in [-0.39, 0.29) is 23.3 Å². The lowest BCUT2D eigenvalue weighted by molar-refractivity contribution is -0.120. The fourth-order valence-corrected chi connectivity index (χ4v) is 1.79. The van der Waals surface area contributed by atoms with Gasteiger partial charge in [0.05, 0.1) is 5.56 Å². The Bertz CT molecular complexity index is 454. The van der Waals surface area contributed by atoms with Crippen molar-refractivity contribution in [1.82, 2.24) is 4.98 Å². The molecule has 0 unspecified atom stereocenters. The van der Waals surface area contributed by atoms with Gasteiger partial charge in [-0.3, -0.25) is 5.41 Å². The van der Waals surface area contributed by atoms with Crippen LogP contribution < -0.4 is 10.6 Å². The zero-order valence-electron chi connectivity index (χ0n) is 9.54. The van der Waals surface area contributed by atoms with Crippen LogP contribution in [0.1, 0.15) is 18.4 Å². The fourth-order valence-electron chi connectivity index (χ4n) is 1.79. The number of hydrogen-bond donors (Lipinski definition) is 2. The lowest BCUT2D eigenvalue weighted by Gasteiger charge is -2.26. The number of alkyl halides is 3. The summed E-state index contributed by atoms with van der Waals surface area (Å²) in [5, 5.41) is 7.39. The Hall–Kier alpha value is -1.79. The Morgan fingerprint density at radius 3 is 2.67 bits per heavy atom. The number of aromatic nitrogens is 1. The van der Waals surface area contributed by atoms with Gasteiger partial charge >= 0.3 is 6.18 Å². The van der Waals surface area contributed by atoms with Crippen molar-refractivity contribution in [2.24, 2.45) is 5.73 Å². The maximum absolute atomic E-state index is 12.6. The van der Waals surface area contributed by atoms with E-state index in [1.54, 1.807) is 6.07 Å². The third-order valence-electron chi connectivity index (χ3n) is 2.69. The van der Waals surface area contributed by atoms with E-state index in [1.165, 1.54) is 17.2 Å². The molecular formula is C11H13F3N4. The molecular weight excluding hydrogens is 245 g/mol. The number of anilines is 1.